The van der Waals surface area contributed by atoms with E-state index in [0.717, 1.165) is 0 Å². The first kappa shape index (κ1) is 17.9. The molecular formula is C12H22O10. The summed E-state index contributed by atoms with van der Waals surface area (Å²) in [7, 11) is 1.27. The van der Waals surface area contributed by atoms with Gasteiger partial charge in [-0.3, -0.25) is 0 Å². The highest BCUT2D eigenvalue weighted by atomic mass is 16.7. The Bertz CT molecular complexity index is 366. The summed E-state index contributed by atoms with van der Waals surface area (Å²) in [4.78, 5) is 0. The van der Waals surface area contributed by atoms with Crippen molar-refractivity contribution >= 4 is 0 Å². The van der Waals surface area contributed by atoms with Crippen LogP contribution in [-0.2, 0) is 18.9 Å². The Morgan fingerprint density at radius 2 is 1.77 bits per heavy atom. The first-order chi connectivity index (χ1) is 10.3. The van der Waals surface area contributed by atoms with E-state index in [1.54, 1.807) is 0 Å². The van der Waals surface area contributed by atoms with E-state index in [0.29, 0.717) is 0 Å². The van der Waals surface area contributed by atoms with E-state index in [4.69, 9.17) is 24.1 Å². The van der Waals surface area contributed by atoms with Gasteiger partial charge in [0.25, 0.3) is 0 Å². The maximum Gasteiger partial charge on any atom is 0.186 e. The topological polar surface area (TPSA) is 158 Å². The van der Waals surface area contributed by atoms with E-state index in [-0.39, 0.29) is 13.2 Å². The first-order valence-corrected chi connectivity index (χ1v) is 6.81. The molecule has 0 aromatic heterocycles. The van der Waals surface area contributed by atoms with Crippen LogP contribution in [0.4, 0.5) is 0 Å². The van der Waals surface area contributed by atoms with E-state index in [9.17, 15) is 25.5 Å². The van der Waals surface area contributed by atoms with Gasteiger partial charge in [0.15, 0.2) is 12.6 Å². The van der Waals surface area contributed by atoms with Crippen LogP contribution in [0.25, 0.3) is 0 Å². The maximum atomic E-state index is 9.85. The van der Waals surface area contributed by atoms with Crippen LogP contribution in [0.5, 0.6) is 0 Å². The lowest BCUT2D eigenvalue weighted by Crippen LogP contribution is -2.59. The smallest absolute Gasteiger partial charge is 0.186 e. The lowest BCUT2D eigenvalue weighted by molar-refractivity contribution is -0.303. The molecule has 10 nitrogen and oxygen atoms in total. The van der Waals surface area contributed by atoms with Gasteiger partial charge in [0.2, 0.25) is 0 Å². The summed E-state index contributed by atoms with van der Waals surface area (Å²) in [6.45, 7) is -1.31. The minimum absolute atomic E-state index is 0.298. The third kappa shape index (κ3) is 3.26. The molecule has 130 valence electrons. The maximum absolute atomic E-state index is 9.85. The van der Waals surface area contributed by atoms with Crippen molar-refractivity contribution in [2.75, 3.05) is 26.9 Å². The zero-order chi connectivity index (χ0) is 16.5. The highest BCUT2D eigenvalue weighted by molar-refractivity contribution is 4.94. The quantitative estimate of drug-likeness (QED) is 0.293. The van der Waals surface area contributed by atoms with Crippen molar-refractivity contribution in [3.63, 3.8) is 0 Å². The molecule has 2 saturated heterocycles. The molecule has 0 amide bonds. The highest BCUT2D eigenvalue weighted by Crippen LogP contribution is 2.27. The van der Waals surface area contributed by atoms with E-state index < -0.39 is 55.3 Å². The average molecular weight is 326 g/mol. The fraction of sp³-hybridized carbons (Fsp3) is 1.00. The standard InChI is InChI=1S/C12H22O10/c1-19-10-8(16)7(15)6(14)5(22-10)2-20-11-9(17)12(18,3-13)4-21-11/h5-11,13-18H,2-4H2,1H3/t5-,6-,7-,8-,9+,10+,11+,12-/m0/s1. The number of hydrogen-bond acceptors (Lipinski definition) is 10. The van der Waals surface area contributed by atoms with Gasteiger partial charge in [-0.05, 0) is 0 Å². The summed E-state index contributed by atoms with van der Waals surface area (Å²) in [6, 6.07) is 0. The van der Waals surface area contributed by atoms with Gasteiger partial charge in [0, 0.05) is 7.11 Å². The van der Waals surface area contributed by atoms with Gasteiger partial charge >= 0.3 is 0 Å². The molecule has 0 spiro atoms. The van der Waals surface area contributed by atoms with Crippen LogP contribution >= 0.6 is 0 Å². The molecule has 22 heavy (non-hydrogen) atoms. The minimum atomic E-state index is -1.82. The molecule has 2 fully saturated rings. The third-order valence-electron chi connectivity index (χ3n) is 3.91. The lowest BCUT2D eigenvalue weighted by atomic mass is 9.99. The molecule has 10 heteroatoms. The molecule has 0 unspecified atom stereocenters. The molecule has 6 N–H and O–H groups in total. The predicted molar refractivity (Wildman–Crippen MR) is 67.4 cm³/mol. The number of hydrogen-bond donors (Lipinski definition) is 6. The van der Waals surface area contributed by atoms with Crippen LogP contribution in [0.3, 0.4) is 0 Å². The van der Waals surface area contributed by atoms with Gasteiger partial charge in [-0.15, -0.1) is 0 Å². The van der Waals surface area contributed by atoms with Crippen molar-refractivity contribution < 1.29 is 49.6 Å². The predicted octanol–water partition coefficient (Wildman–Crippen LogP) is -4.10. The fourth-order valence-corrected chi connectivity index (χ4v) is 2.37. The molecule has 2 rings (SSSR count). The molecule has 2 aliphatic rings. The van der Waals surface area contributed by atoms with Crippen molar-refractivity contribution in [3.8, 4) is 0 Å². The normalized spacial score (nSPS) is 49.5. The number of aliphatic hydroxyl groups excluding tert-OH is 5. The van der Waals surface area contributed by atoms with Gasteiger partial charge in [-0.25, -0.2) is 0 Å². The molecule has 0 radical (unpaired) electrons. The van der Waals surface area contributed by atoms with Crippen LogP contribution in [0, 0.1) is 0 Å². The van der Waals surface area contributed by atoms with E-state index in [1.807, 2.05) is 0 Å². The van der Waals surface area contributed by atoms with Gasteiger partial charge < -0.3 is 49.6 Å². The Balaban J connectivity index is 1.91. The Morgan fingerprint density at radius 1 is 1.09 bits per heavy atom. The Kier molecular flexibility index (Phi) is 5.72. The average Bonchev–Trinajstić information content (AvgIpc) is 2.81. The zero-order valence-corrected chi connectivity index (χ0v) is 12.0. The van der Waals surface area contributed by atoms with Gasteiger partial charge in [-0.1, -0.05) is 0 Å². The molecule has 8 atom stereocenters. The molecule has 0 saturated carbocycles. The van der Waals surface area contributed by atoms with Crippen LogP contribution in [0.15, 0.2) is 0 Å². The van der Waals surface area contributed by atoms with Crippen molar-refractivity contribution in [2.45, 2.75) is 48.7 Å². The summed E-state index contributed by atoms with van der Waals surface area (Å²) in [5.74, 6) is 0. The molecular weight excluding hydrogens is 304 g/mol. The Hall–Kier alpha value is -0.400. The van der Waals surface area contributed by atoms with Gasteiger partial charge in [-0.2, -0.15) is 0 Å². The number of rotatable bonds is 5. The zero-order valence-electron chi connectivity index (χ0n) is 12.0. The first-order valence-electron chi connectivity index (χ1n) is 6.81. The highest BCUT2D eigenvalue weighted by Gasteiger charge is 2.49. The summed E-state index contributed by atoms with van der Waals surface area (Å²) in [5, 5.41) is 57.8. The minimum Gasteiger partial charge on any atom is -0.393 e. The Labute approximate surface area is 126 Å². The summed E-state index contributed by atoms with van der Waals surface area (Å²) >= 11 is 0. The van der Waals surface area contributed by atoms with Crippen molar-refractivity contribution in [2.24, 2.45) is 0 Å². The summed E-state index contributed by atoms with van der Waals surface area (Å²) in [6.07, 6.45) is -9.22. The number of ether oxygens (including phenoxy) is 4. The van der Waals surface area contributed by atoms with Crippen molar-refractivity contribution in [1.82, 2.24) is 0 Å². The molecule has 0 bridgehead atoms. The molecule has 2 heterocycles. The second kappa shape index (κ2) is 7.01. The van der Waals surface area contributed by atoms with Crippen LogP contribution < -0.4 is 0 Å². The molecule has 0 aromatic carbocycles. The van der Waals surface area contributed by atoms with Gasteiger partial charge in [0.1, 0.15) is 36.1 Å². The van der Waals surface area contributed by atoms with Crippen molar-refractivity contribution in [3.05, 3.63) is 0 Å². The van der Waals surface area contributed by atoms with E-state index >= 15 is 0 Å². The third-order valence-corrected chi connectivity index (χ3v) is 3.91. The fourth-order valence-electron chi connectivity index (χ4n) is 2.37. The van der Waals surface area contributed by atoms with Crippen molar-refractivity contribution in [1.29, 1.82) is 0 Å². The van der Waals surface area contributed by atoms with Crippen LogP contribution in [0.1, 0.15) is 0 Å². The summed E-state index contributed by atoms with van der Waals surface area (Å²) < 4.78 is 20.3. The van der Waals surface area contributed by atoms with E-state index in [1.165, 1.54) is 7.11 Å². The second-order valence-corrected chi connectivity index (χ2v) is 5.47. The van der Waals surface area contributed by atoms with Gasteiger partial charge in [0.05, 0.1) is 19.8 Å². The number of aliphatic hydroxyl groups is 6. The largest absolute Gasteiger partial charge is 0.393 e. The van der Waals surface area contributed by atoms with E-state index in [2.05, 4.69) is 0 Å². The van der Waals surface area contributed by atoms with Crippen LogP contribution in [0.2, 0.25) is 0 Å². The monoisotopic (exact) mass is 326 g/mol. The lowest BCUT2D eigenvalue weighted by Gasteiger charge is -2.39. The molecule has 0 aromatic rings. The van der Waals surface area contributed by atoms with Crippen LogP contribution in [-0.4, -0.2) is 106 Å². The molecule has 2 aliphatic heterocycles. The number of methoxy groups -OCH3 is 1. The summed E-state index contributed by atoms with van der Waals surface area (Å²) in [5.41, 5.74) is -1.82. The SMILES string of the molecule is CO[C@@H]1O[C@@H](CO[C@@H]2OC[C@@](O)(CO)[C@@H]2O)[C@H](O)[C@H](O)[C@@H]1O. The molecule has 0 aliphatic carbocycles. The second-order valence-electron chi connectivity index (χ2n) is 5.47. The Morgan fingerprint density at radius 3 is 2.32 bits per heavy atom.